The molecule has 4 rings (SSSR count). The molecule has 29 heavy (non-hydrogen) atoms. The molecule has 3 aromatic rings. The molecule has 0 radical (unpaired) electrons. The predicted octanol–water partition coefficient (Wildman–Crippen LogP) is 4.02. The summed E-state index contributed by atoms with van der Waals surface area (Å²) in [4.78, 5) is 28.0. The summed E-state index contributed by atoms with van der Waals surface area (Å²) in [6.45, 7) is 3.39. The van der Waals surface area contributed by atoms with E-state index < -0.39 is 5.97 Å². The van der Waals surface area contributed by atoms with Gasteiger partial charge in [0.15, 0.2) is 12.3 Å². The number of carbonyl (C=O) groups excluding carboxylic acids is 2. The number of thiophene rings is 1. The monoisotopic (exact) mass is 409 g/mol. The van der Waals surface area contributed by atoms with Gasteiger partial charge in [-0.05, 0) is 42.3 Å². The second-order valence-electron chi connectivity index (χ2n) is 7.28. The quantitative estimate of drug-likeness (QED) is 0.597. The zero-order chi connectivity index (χ0) is 20.2. The van der Waals surface area contributed by atoms with Crippen LogP contribution in [0.15, 0.2) is 53.9 Å². The molecule has 1 aliphatic rings. The Morgan fingerprint density at radius 2 is 1.90 bits per heavy atom. The van der Waals surface area contributed by atoms with Crippen molar-refractivity contribution in [2.75, 3.05) is 19.7 Å². The highest BCUT2D eigenvalue weighted by Crippen LogP contribution is 2.26. The Labute approximate surface area is 173 Å². The number of amides is 1. The van der Waals surface area contributed by atoms with Crippen LogP contribution in [0.5, 0.6) is 0 Å². The summed E-state index contributed by atoms with van der Waals surface area (Å²) in [6.07, 6.45) is 1.98. The van der Waals surface area contributed by atoms with Crippen LogP contribution in [-0.4, -0.2) is 46.3 Å². The van der Waals surface area contributed by atoms with Crippen LogP contribution in [0.2, 0.25) is 0 Å². The van der Waals surface area contributed by atoms with Gasteiger partial charge in [-0.2, -0.15) is 5.10 Å². The third kappa shape index (κ3) is 4.40. The molecule has 3 heterocycles. The van der Waals surface area contributed by atoms with Crippen molar-refractivity contribution >= 4 is 23.2 Å². The summed E-state index contributed by atoms with van der Waals surface area (Å²) in [5, 5.41) is 6.57. The number of esters is 1. The molecule has 1 aliphatic heterocycles. The number of hydrogen-bond donors (Lipinski definition) is 0. The van der Waals surface area contributed by atoms with Crippen LogP contribution >= 0.6 is 11.3 Å². The number of nitrogens with zero attached hydrogens (tertiary/aromatic N) is 3. The average molecular weight is 410 g/mol. The second kappa shape index (κ2) is 8.61. The van der Waals surface area contributed by atoms with Gasteiger partial charge in [0.05, 0.1) is 10.6 Å². The molecule has 6 nitrogen and oxygen atoms in total. The van der Waals surface area contributed by atoms with E-state index in [-0.39, 0.29) is 12.5 Å². The summed E-state index contributed by atoms with van der Waals surface area (Å²) < 4.78 is 6.95. The first-order chi connectivity index (χ1) is 14.1. The predicted molar refractivity (Wildman–Crippen MR) is 112 cm³/mol. The molecule has 7 heteroatoms. The van der Waals surface area contributed by atoms with Crippen LogP contribution in [0.1, 0.15) is 30.3 Å². The Kier molecular flexibility index (Phi) is 5.76. The highest BCUT2D eigenvalue weighted by molar-refractivity contribution is 7.13. The summed E-state index contributed by atoms with van der Waals surface area (Å²) in [5.41, 5.74) is 1.77. The fourth-order valence-corrected chi connectivity index (χ4v) is 4.07. The first kappa shape index (κ1) is 19.4. The molecule has 0 atom stereocenters. The van der Waals surface area contributed by atoms with Crippen LogP contribution in [0, 0.1) is 5.92 Å². The van der Waals surface area contributed by atoms with E-state index in [9.17, 15) is 9.59 Å². The van der Waals surface area contributed by atoms with Crippen molar-refractivity contribution in [1.29, 1.82) is 0 Å². The third-order valence-electron chi connectivity index (χ3n) is 5.16. The van der Waals surface area contributed by atoms with Gasteiger partial charge in [-0.25, -0.2) is 9.48 Å². The standard InChI is InChI=1S/C22H23N3O3S/c1-16-9-11-24(12-10-16)21(26)15-28-22(27)19-14-18(20-8-5-13-29-20)23-25(19)17-6-3-2-4-7-17/h2-8,13-14,16H,9-12,15H2,1H3. The van der Waals surface area contributed by atoms with E-state index in [1.807, 2.05) is 47.8 Å². The normalized spacial score (nSPS) is 14.7. The number of likely N-dealkylation sites (tertiary alicyclic amines) is 1. The molecule has 1 amide bonds. The van der Waals surface area contributed by atoms with E-state index in [0.717, 1.165) is 36.5 Å². The van der Waals surface area contributed by atoms with Gasteiger partial charge in [-0.1, -0.05) is 31.2 Å². The van der Waals surface area contributed by atoms with E-state index in [1.165, 1.54) is 0 Å². The van der Waals surface area contributed by atoms with Crippen LogP contribution in [0.25, 0.3) is 16.3 Å². The third-order valence-corrected chi connectivity index (χ3v) is 6.05. The molecule has 0 N–H and O–H groups in total. The second-order valence-corrected chi connectivity index (χ2v) is 8.23. The summed E-state index contributed by atoms with van der Waals surface area (Å²) in [5.74, 6) is -0.0603. The fraction of sp³-hybridized carbons (Fsp3) is 0.318. The van der Waals surface area contributed by atoms with E-state index >= 15 is 0 Å². The smallest absolute Gasteiger partial charge is 0.357 e. The minimum Gasteiger partial charge on any atom is -0.451 e. The maximum absolute atomic E-state index is 12.8. The first-order valence-corrected chi connectivity index (χ1v) is 10.6. The molecule has 150 valence electrons. The molecule has 1 aromatic carbocycles. The van der Waals surface area contributed by atoms with Crippen molar-refractivity contribution in [1.82, 2.24) is 14.7 Å². The number of piperidine rings is 1. The Bertz CT molecular complexity index is 974. The molecular weight excluding hydrogens is 386 g/mol. The number of ether oxygens (including phenoxy) is 1. The fourth-order valence-electron chi connectivity index (χ4n) is 3.39. The molecule has 0 bridgehead atoms. The minimum absolute atomic E-state index is 0.144. The lowest BCUT2D eigenvalue weighted by molar-refractivity contribution is -0.135. The van der Waals surface area contributed by atoms with Crippen molar-refractivity contribution in [2.24, 2.45) is 5.92 Å². The van der Waals surface area contributed by atoms with Crippen molar-refractivity contribution in [3.05, 3.63) is 59.6 Å². The molecule has 1 saturated heterocycles. The SMILES string of the molecule is CC1CCN(C(=O)COC(=O)c2cc(-c3cccs3)nn2-c2ccccc2)CC1. The van der Waals surface area contributed by atoms with Gasteiger partial charge in [0.1, 0.15) is 5.69 Å². The lowest BCUT2D eigenvalue weighted by Gasteiger charge is -2.30. The Morgan fingerprint density at radius 1 is 1.14 bits per heavy atom. The number of benzene rings is 1. The molecule has 0 saturated carbocycles. The first-order valence-electron chi connectivity index (χ1n) is 9.76. The number of aromatic nitrogens is 2. The molecule has 2 aromatic heterocycles. The highest BCUT2D eigenvalue weighted by Gasteiger charge is 2.24. The van der Waals surface area contributed by atoms with Crippen molar-refractivity contribution < 1.29 is 14.3 Å². The lowest BCUT2D eigenvalue weighted by atomic mass is 9.99. The molecular formula is C22H23N3O3S. The van der Waals surface area contributed by atoms with Gasteiger partial charge in [0.25, 0.3) is 5.91 Å². The van der Waals surface area contributed by atoms with Gasteiger partial charge in [0.2, 0.25) is 0 Å². The van der Waals surface area contributed by atoms with Gasteiger partial charge < -0.3 is 9.64 Å². The van der Waals surface area contributed by atoms with Crippen LogP contribution in [0.3, 0.4) is 0 Å². The summed E-state index contributed by atoms with van der Waals surface area (Å²) >= 11 is 1.55. The van der Waals surface area contributed by atoms with Gasteiger partial charge in [0, 0.05) is 19.2 Å². The number of hydrogen-bond acceptors (Lipinski definition) is 5. The molecule has 0 unspecified atom stereocenters. The highest BCUT2D eigenvalue weighted by atomic mass is 32.1. The van der Waals surface area contributed by atoms with Crippen LogP contribution in [0.4, 0.5) is 0 Å². The number of rotatable bonds is 5. The van der Waals surface area contributed by atoms with Crippen molar-refractivity contribution in [2.45, 2.75) is 19.8 Å². The van der Waals surface area contributed by atoms with Crippen LogP contribution < -0.4 is 0 Å². The van der Waals surface area contributed by atoms with E-state index in [1.54, 1.807) is 27.0 Å². The Morgan fingerprint density at radius 3 is 2.59 bits per heavy atom. The average Bonchev–Trinajstić information content (AvgIpc) is 3.43. The van der Waals surface area contributed by atoms with Gasteiger partial charge in [-0.3, -0.25) is 4.79 Å². The van der Waals surface area contributed by atoms with Crippen molar-refractivity contribution in [3.63, 3.8) is 0 Å². The zero-order valence-corrected chi connectivity index (χ0v) is 17.1. The minimum atomic E-state index is -0.553. The zero-order valence-electron chi connectivity index (χ0n) is 16.3. The largest absolute Gasteiger partial charge is 0.451 e. The Hall–Kier alpha value is -2.93. The topological polar surface area (TPSA) is 64.4 Å². The maximum atomic E-state index is 12.8. The molecule has 1 fully saturated rings. The van der Waals surface area contributed by atoms with Gasteiger partial charge in [-0.15, -0.1) is 11.3 Å². The Balaban J connectivity index is 1.52. The number of carbonyl (C=O) groups is 2. The molecule has 0 aliphatic carbocycles. The van der Waals surface area contributed by atoms with E-state index in [2.05, 4.69) is 12.0 Å². The maximum Gasteiger partial charge on any atom is 0.357 e. The van der Waals surface area contributed by atoms with Crippen LogP contribution in [-0.2, 0) is 9.53 Å². The lowest BCUT2D eigenvalue weighted by Crippen LogP contribution is -2.40. The van der Waals surface area contributed by atoms with Gasteiger partial charge >= 0.3 is 5.97 Å². The van der Waals surface area contributed by atoms with E-state index in [0.29, 0.717) is 17.3 Å². The summed E-state index contributed by atoms with van der Waals surface area (Å²) in [7, 11) is 0. The summed E-state index contributed by atoms with van der Waals surface area (Å²) in [6, 6.07) is 15.0. The molecule has 0 spiro atoms. The van der Waals surface area contributed by atoms with E-state index in [4.69, 9.17) is 4.74 Å². The van der Waals surface area contributed by atoms with Crippen molar-refractivity contribution in [3.8, 4) is 16.3 Å². The number of para-hydroxylation sites is 1.